The Labute approximate surface area is 161 Å². The van der Waals surface area contributed by atoms with E-state index in [0.717, 1.165) is 16.7 Å². The number of alkyl halides is 2. The molecule has 0 aliphatic heterocycles. The average molecular weight is 388 g/mol. The maximum atomic E-state index is 12.9. The highest BCUT2D eigenvalue weighted by molar-refractivity contribution is 6.08. The van der Waals surface area contributed by atoms with E-state index < -0.39 is 31.4 Å². The largest absolute Gasteiger partial charge is 0.394 e. The Morgan fingerprint density at radius 2 is 2.07 bits per heavy atom. The van der Waals surface area contributed by atoms with Crippen LogP contribution in [0.3, 0.4) is 0 Å². The number of rotatable bonds is 6. The van der Waals surface area contributed by atoms with Gasteiger partial charge in [-0.05, 0) is 31.0 Å². The number of aromatic nitrogens is 3. The summed E-state index contributed by atoms with van der Waals surface area (Å²) in [6, 6.07) is 4.29. The third-order valence-electron chi connectivity index (χ3n) is 4.77. The summed E-state index contributed by atoms with van der Waals surface area (Å²) in [6.07, 6.45) is 0.198. The Bertz CT molecular complexity index is 1020. The Morgan fingerprint density at radius 1 is 1.32 bits per heavy atom. The van der Waals surface area contributed by atoms with E-state index in [2.05, 4.69) is 10.4 Å². The number of hydrogen-bond donors (Lipinski definition) is 2. The summed E-state index contributed by atoms with van der Waals surface area (Å²) in [5, 5.41) is 16.6. The molecule has 0 bridgehead atoms. The molecule has 0 aliphatic carbocycles. The van der Waals surface area contributed by atoms with E-state index in [1.165, 1.54) is 0 Å². The lowest BCUT2D eigenvalue weighted by molar-refractivity contribution is 0.0822. The molecular formula is C20H22F2N4O2. The number of aryl methyl sites for hydroxylation is 3. The van der Waals surface area contributed by atoms with Crippen molar-refractivity contribution in [2.45, 2.75) is 32.7 Å². The molecule has 1 unspecified atom stereocenters. The minimum absolute atomic E-state index is 0.319. The van der Waals surface area contributed by atoms with Gasteiger partial charge in [0.1, 0.15) is 0 Å². The molecule has 28 heavy (non-hydrogen) atoms. The predicted molar refractivity (Wildman–Crippen MR) is 102 cm³/mol. The van der Waals surface area contributed by atoms with E-state index in [-0.39, 0.29) is 0 Å². The van der Waals surface area contributed by atoms with Crippen LogP contribution >= 0.6 is 0 Å². The van der Waals surface area contributed by atoms with Crippen LogP contribution in [-0.2, 0) is 7.05 Å². The third kappa shape index (κ3) is 4.01. The van der Waals surface area contributed by atoms with Crippen molar-refractivity contribution in [2.24, 2.45) is 7.05 Å². The normalized spacial score (nSPS) is 12.5. The van der Waals surface area contributed by atoms with Gasteiger partial charge >= 0.3 is 0 Å². The second-order valence-electron chi connectivity index (χ2n) is 6.84. The van der Waals surface area contributed by atoms with Crippen LogP contribution in [0.15, 0.2) is 30.6 Å². The fraction of sp³-hybridized carbons (Fsp3) is 0.350. The summed E-state index contributed by atoms with van der Waals surface area (Å²) in [6.45, 7) is 3.32. The molecule has 148 valence electrons. The standard InChI is InChI=1S/C20H22F2N4O2/c1-11-4-5-15-16(20(28)24-14(10-27)6-18(21)22)7-17(25-19(15)12(11)2)13-8-23-26(3)9-13/h4-5,7-9,14,18,27H,6,10H2,1-3H3,(H,24,28). The molecule has 2 N–H and O–H groups in total. The first-order valence-electron chi connectivity index (χ1n) is 8.90. The van der Waals surface area contributed by atoms with Gasteiger partial charge in [-0.15, -0.1) is 0 Å². The SMILES string of the molecule is Cc1ccc2c(C(=O)NC(CO)CC(F)F)cc(-c3cnn(C)c3)nc2c1C. The lowest BCUT2D eigenvalue weighted by atomic mass is 9.99. The predicted octanol–water partition coefficient (Wildman–Crippen LogP) is 3.00. The second kappa shape index (κ2) is 8.02. The molecule has 1 aromatic carbocycles. The Morgan fingerprint density at radius 3 is 2.68 bits per heavy atom. The second-order valence-corrected chi connectivity index (χ2v) is 6.84. The molecule has 2 heterocycles. The zero-order chi connectivity index (χ0) is 20.4. The first-order valence-corrected chi connectivity index (χ1v) is 8.90. The van der Waals surface area contributed by atoms with Gasteiger partial charge in [0.05, 0.1) is 35.6 Å². The molecule has 6 nitrogen and oxygen atoms in total. The minimum atomic E-state index is -2.62. The number of benzene rings is 1. The highest BCUT2D eigenvalue weighted by Crippen LogP contribution is 2.28. The van der Waals surface area contributed by atoms with Crippen LogP contribution < -0.4 is 5.32 Å². The average Bonchev–Trinajstić information content (AvgIpc) is 3.09. The molecule has 0 fully saturated rings. The zero-order valence-corrected chi connectivity index (χ0v) is 15.9. The highest BCUT2D eigenvalue weighted by Gasteiger charge is 2.21. The molecule has 1 atom stereocenters. The number of nitrogens with zero attached hydrogens (tertiary/aromatic N) is 3. The van der Waals surface area contributed by atoms with Gasteiger partial charge in [-0.1, -0.05) is 12.1 Å². The number of aliphatic hydroxyl groups excluding tert-OH is 1. The number of aliphatic hydroxyl groups is 1. The minimum Gasteiger partial charge on any atom is -0.394 e. The number of amides is 1. The van der Waals surface area contributed by atoms with Crippen LogP contribution in [0.2, 0.25) is 0 Å². The van der Waals surface area contributed by atoms with Gasteiger partial charge in [-0.25, -0.2) is 13.8 Å². The van der Waals surface area contributed by atoms with Crippen LogP contribution in [0, 0.1) is 13.8 Å². The van der Waals surface area contributed by atoms with Crippen molar-refractivity contribution < 1.29 is 18.7 Å². The quantitative estimate of drug-likeness (QED) is 0.680. The fourth-order valence-electron chi connectivity index (χ4n) is 3.08. The van der Waals surface area contributed by atoms with E-state index in [9.17, 15) is 18.7 Å². The van der Waals surface area contributed by atoms with Gasteiger partial charge < -0.3 is 10.4 Å². The summed E-state index contributed by atoms with van der Waals surface area (Å²) >= 11 is 0. The van der Waals surface area contributed by atoms with Crippen LogP contribution in [0.1, 0.15) is 27.9 Å². The molecule has 0 radical (unpaired) electrons. The van der Waals surface area contributed by atoms with Crippen molar-refractivity contribution in [3.63, 3.8) is 0 Å². The zero-order valence-electron chi connectivity index (χ0n) is 15.9. The Balaban J connectivity index is 2.11. The summed E-state index contributed by atoms with van der Waals surface area (Å²) in [5.41, 5.74) is 4.25. The van der Waals surface area contributed by atoms with Crippen molar-refractivity contribution in [3.05, 3.63) is 47.3 Å². The fourth-order valence-corrected chi connectivity index (χ4v) is 3.08. The molecule has 8 heteroatoms. The number of hydrogen-bond acceptors (Lipinski definition) is 4. The van der Waals surface area contributed by atoms with Gasteiger partial charge in [-0.3, -0.25) is 9.48 Å². The smallest absolute Gasteiger partial charge is 0.252 e. The number of pyridine rings is 1. The first kappa shape index (κ1) is 19.9. The first-order chi connectivity index (χ1) is 13.3. The van der Waals surface area contributed by atoms with Crippen LogP contribution in [-0.4, -0.2) is 44.9 Å². The number of fused-ring (bicyclic) bond motifs is 1. The summed E-state index contributed by atoms with van der Waals surface area (Å²) in [5.74, 6) is -0.527. The van der Waals surface area contributed by atoms with Crippen molar-refractivity contribution >= 4 is 16.8 Å². The van der Waals surface area contributed by atoms with Gasteiger partial charge in [0, 0.05) is 30.6 Å². The lowest BCUT2D eigenvalue weighted by Crippen LogP contribution is -2.39. The van der Waals surface area contributed by atoms with Gasteiger partial charge in [0.25, 0.3) is 5.91 Å². The van der Waals surface area contributed by atoms with Gasteiger partial charge in [0.15, 0.2) is 0 Å². The molecule has 3 aromatic rings. The summed E-state index contributed by atoms with van der Waals surface area (Å²) in [4.78, 5) is 17.6. The van der Waals surface area contributed by atoms with E-state index in [1.54, 1.807) is 36.3 Å². The van der Waals surface area contributed by atoms with E-state index >= 15 is 0 Å². The number of nitrogens with one attached hydrogen (secondary N) is 1. The number of carbonyl (C=O) groups is 1. The molecule has 0 saturated carbocycles. The van der Waals surface area contributed by atoms with E-state index in [0.29, 0.717) is 22.2 Å². The maximum absolute atomic E-state index is 12.9. The molecule has 0 saturated heterocycles. The van der Waals surface area contributed by atoms with E-state index in [1.807, 2.05) is 19.9 Å². The lowest BCUT2D eigenvalue weighted by Gasteiger charge is -2.17. The highest BCUT2D eigenvalue weighted by atomic mass is 19.3. The Kier molecular flexibility index (Phi) is 5.69. The van der Waals surface area contributed by atoms with Crippen LogP contribution in [0.25, 0.3) is 22.2 Å². The van der Waals surface area contributed by atoms with Gasteiger partial charge in [-0.2, -0.15) is 5.10 Å². The molecular weight excluding hydrogens is 366 g/mol. The third-order valence-corrected chi connectivity index (χ3v) is 4.77. The van der Waals surface area contributed by atoms with Crippen LogP contribution in [0.5, 0.6) is 0 Å². The van der Waals surface area contributed by atoms with E-state index in [4.69, 9.17) is 4.98 Å². The summed E-state index contributed by atoms with van der Waals surface area (Å²) < 4.78 is 27.0. The molecule has 0 spiro atoms. The monoisotopic (exact) mass is 388 g/mol. The number of halogens is 2. The van der Waals surface area contributed by atoms with Crippen LogP contribution in [0.4, 0.5) is 8.78 Å². The maximum Gasteiger partial charge on any atom is 0.252 e. The van der Waals surface area contributed by atoms with Crippen molar-refractivity contribution in [2.75, 3.05) is 6.61 Å². The molecule has 1 amide bonds. The molecule has 0 aliphatic rings. The summed E-state index contributed by atoms with van der Waals surface area (Å²) in [7, 11) is 1.78. The Hall–Kier alpha value is -2.87. The van der Waals surface area contributed by atoms with Gasteiger partial charge in [0.2, 0.25) is 6.43 Å². The van der Waals surface area contributed by atoms with Crippen molar-refractivity contribution in [1.29, 1.82) is 0 Å². The van der Waals surface area contributed by atoms with Crippen molar-refractivity contribution in [1.82, 2.24) is 20.1 Å². The number of carbonyl (C=O) groups excluding carboxylic acids is 1. The topological polar surface area (TPSA) is 80.0 Å². The van der Waals surface area contributed by atoms with Crippen molar-refractivity contribution in [3.8, 4) is 11.3 Å². The molecule has 2 aromatic heterocycles. The molecule has 3 rings (SSSR count).